The van der Waals surface area contributed by atoms with Gasteiger partial charge in [0.15, 0.2) is 0 Å². The molecule has 0 heterocycles. The second-order valence-corrected chi connectivity index (χ2v) is 3.14. The number of aromatic hydroxyl groups is 1. The summed E-state index contributed by atoms with van der Waals surface area (Å²) in [5.74, 6) is -2.06. The van der Waals surface area contributed by atoms with Gasteiger partial charge in [0.1, 0.15) is 11.6 Å². The molecule has 0 saturated heterocycles. The van der Waals surface area contributed by atoms with Gasteiger partial charge in [0.25, 0.3) is 0 Å². The molecule has 0 unspecified atom stereocenters. The molecule has 0 radical (unpaired) electrons. The summed E-state index contributed by atoms with van der Waals surface area (Å²) in [6.45, 7) is 0. The Labute approximate surface area is 79.1 Å². The summed E-state index contributed by atoms with van der Waals surface area (Å²) < 4.78 is 48.4. The number of halogens is 5. The van der Waals surface area contributed by atoms with E-state index in [-0.39, 0.29) is 4.47 Å². The number of rotatable bonds is 0. The van der Waals surface area contributed by atoms with Crippen molar-refractivity contribution in [1.82, 2.24) is 0 Å². The average molecular weight is 259 g/mol. The number of hydrogen-bond acceptors (Lipinski definition) is 1. The van der Waals surface area contributed by atoms with Crippen molar-refractivity contribution in [2.45, 2.75) is 6.18 Å². The summed E-state index contributed by atoms with van der Waals surface area (Å²) in [7, 11) is 0. The van der Waals surface area contributed by atoms with Gasteiger partial charge >= 0.3 is 6.18 Å². The van der Waals surface area contributed by atoms with Crippen molar-refractivity contribution in [3.63, 3.8) is 0 Å². The minimum Gasteiger partial charge on any atom is -0.507 e. The molecule has 1 rings (SSSR count). The third kappa shape index (κ3) is 2.12. The third-order valence-corrected chi connectivity index (χ3v) is 1.95. The lowest BCUT2D eigenvalue weighted by molar-refractivity contribution is -0.138. The second kappa shape index (κ2) is 3.17. The molecule has 72 valence electrons. The summed E-state index contributed by atoms with van der Waals surface area (Å²) >= 11 is 2.59. The van der Waals surface area contributed by atoms with Crippen molar-refractivity contribution >= 4 is 15.9 Å². The zero-order chi connectivity index (χ0) is 10.2. The molecule has 1 N–H and O–H groups in total. The lowest BCUT2D eigenvalue weighted by Crippen LogP contribution is -2.05. The number of phenols is 1. The minimum atomic E-state index is -4.68. The highest BCUT2D eigenvalue weighted by molar-refractivity contribution is 9.10. The first kappa shape index (κ1) is 10.3. The molecule has 0 aromatic heterocycles. The summed E-state index contributed by atoms with van der Waals surface area (Å²) in [5.41, 5.74) is -1.26. The van der Waals surface area contributed by atoms with Crippen LogP contribution in [0.3, 0.4) is 0 Å². The summed E-state index contributed by atoms with van der Waals surface area (Å²) in [4.78, 5) is 0. The smallest absolute Gasteiger partial charge is 0.419 e. The number of hydrogen-bond donors (Lipinski definition) is 1. The minimum absolute atomic E-state index is 0.336. The van der Waals surface area contributed by atoms with Gasteiger partial charge in [-0.05, 0) is 22.0 Å². The third-order valence-electron chi connectivity index (χ3n) is 1.34. The first-order valence-electron chi connectivity index (χ1n) is 3.07. The predicted molar refractivity (Wildman–Crippen MR) is 40.8 cm³/mol. The lowest BCUT2D eigenvalue weighted by atomic mass is 10.2. The van der Waals surface area contributed by atoms with Crippen molar-refractivity contribution in [2.24, 2.45) is 0 Å². The van der Waals surface area contributed by atoms with Gasteiger partial charge in [-0.25, -0.2) is 4.39 Å². The van der Waals surface area contributed by atoms with Crippen molar-refractivity contribution in [1.29, 1.82) is 0 Å². The molecule has 0 aliphatic rings. The van der Waals surface area contributed by atoms with E-state index in [9.17, 15) is 17.6 Å². The van der Waals surface area contributed by atoms with Gasteiger partial charge in [-0.3, -0.25) is 0 Å². The first-order valence-corrected chi connectivity index (χ1v) is 3.87. The van der Waals surface area contributed by atoms with Gasteiger partial charge in [-0.15, -0.1) is 0 Å². The molecule has 0 amide bonds. The topological polar surface area (TPSA) is 20.2 Å². The molecule has 1 aromatic rings. The Hall–Kier alpha value is -0.780. The maximum Gasteiger partial charge on any atom is 0.419 e. The van der Waals surface area contributed by atoms with Gasteiger partial charge < -0.3 is 5.11 Å². The van der Waals surface area contributed by atoms with E-state index in [0.29, 0.717) is 12.1 Å². The van der Waals surface area contributed by atoms with Crippen LogP contribution in [0.1, 0.15) is 5.56 Å². The molecule has 0 bridgehead atoms. The van der Waals surface area contributed by atoms with Crippen LogP contribution in [0, 0.1) is 5.82 Å². The van der Waals surface area contributed by atoms with Crippen LogP contribution < -0.4 is 0 Å². The molecule has 0 spiro atoms. The van der Waals surface area contributed by atoms with Crippen LogP contribution in [0.15, 0.2) is 16.6 Å². The lowest BCUT2D eigenvalue weighted by Gasteiger charge is -2.09. The Balaban J connectivity index is 3.32. The number of phenolic OH excluding ortho intramolecular Hbond substituents is 1. The molecule has 0 saturated carbocycles. The van der Waals surface area contributed by atoms with Crippen LogP contribution in [-0.2, 0) is 6.18 Å². The van der Waals surface area contributed by atoms with E-state index in [2.05, 4.69) is 15.9 Å². The Morgan fingerprint density at radius 3 is 2.23 bits per heavy atom. The Kier molecular flexibility index (Phi) is 2.51. The molecular weight excluding hydrogens is 256 g/mol. The van der Waals surface area contributed by atoms with Gasteiger partial charge in [0.05, 0.1) is 10.0 Å². The van der Waals surface area contributed by atoms with Gasteiger partial charge in [0, 0.05) is 6.07 Å². The van der Waals surface area contributed by atoms with Crippen molar-refractivity contribution in [2.75, 3.05) is 0 Å². The zero-order valence-corrected chi connectivity index (χ0v) is 7.58. The Bertz CT molecular complexity index is 334. The summed E-state index contributed by atoms with van der Waals surface area (Å²) in [6, 6.07) is 0.900. The molecule has 13 heavy (non-hydrogen) atoms. The van der Waals surface area contributed by atoms with E-state index >= 15 is 0 Å². The largest absolute Gasteiger partial charge is 0.507 e. The highest BCUT2D eigenvalue weighted by atomic mass is 79.9. The van der Waals surface area contributed by atoms with Crippen LogP contribution in [-0.4, -0.2) is 5.11 Å². The van der Waals surface area contributed by atoms with Crippen molar-refractivity contribution in [3.05, 3.63) is 28.0 Å². The quantitative estimate of drug-likeness (QED) is 0.708. The maximum absolute atomic E-state index is 12.6. The van der Waals surface area contributed by atoms with E-state index in [1.807, 2.05) is 0 Å². The zero-order valence-electron chi connectivity index (χ0n) is 5.99. The molecule has 0 aliphatic heterocycles. The fourth-order valence-corrected chi connectivity index (χ4v) is 1.11. The molecule has 1 aromatic carbocycles. The van der Waals surface area contributed by atoms with E-state index < -0.39 is 23.3 Å². The predicted octanol–water partition coefficient (Wildman–Crippen LogP) is 3.31. The summed E-state index contributed by atoms with van der Waals surface area (Å²) in [5, 5.41) is 8.77. The maximum atomic E-state index is 12.6. The fourth-order valence-electron chi connectivity index (χ4n) is 0.763. The summed E-state index contributed by atoms with van der Waals surface area (Å²) in [6.07, 6.45) is -4.68. The van der Waals surface area contributed by atoms with Crippen LogP contribution >= 0.6 is 15.9 Å². The van der Waals surface area contributed by atoms with E-state index in [0.717, 1.165) is 0 Å². The number of alkyl halides is 3. The normalized spacial score (nSPS) is 11.8. The van der Waals surface area contributed by atoms with Crippen LogP contribution in [0.4, 0.5) is 17.6 Å². The monoisotopic (exact) mass is 258 g/mol. The molecule has 1 nitrogen and oxygen atoms in total. The second-order valence-electron chi connectivity index (χ2n) is 2.28. The highest BCUT2D eigenvalue weighted by Gasteiger charge is 2.34. The van der Waals surface area contributed by atoms with Crippen molar-refractivity contribution < 1.29 is 22.7 Å². The molecule has 0 aliphatic carbocycles. The fraction of sp³-hybridized carbons (Fsp3) is 0.143. The standard InChI is InChI=1S/C7H3BrF4O/c8-4-1-3(7(10,11)12)6(13)2-5(4)9/h1-2,13H. The van der Waals surface area contributed by atoms with Gasteiger partial charge in [-0.1, -0.05) is 0 Å². The molecule has 0 fully saturated rings. The highest BCUT2D eigenvalue weighted by Crippen LogP contribution is 2.38. The Morgan fingerprint density at radius 1 is 1.23 bits per heavy atom. The average Bonchev–Trinajstić information content (AvgIpc) is 1.94. The van der Waals surface area contributed by atoms with Crippen LogP contribution in [0.2, 0.25) is 0 Å². The van der Waals surface area contributed by atoms with E-state index in [1.165, 1.54) is 0 Å². The first-order chi connectivity index (χ1) is 5.82. The van der Waals surface area contributed by atoms with Crippen LogP contribution in [0.25, 0.3) is 0 Å². The van der Waals surface area contributed by atoms with Crippen LogP contribution in [0.5, 0.6) is 5.75 Å². The number of benzene rings is 1. The van der Waals surface area contributed by atoms with Gasteiger partial charge in [-0.2, -0.15) is 13.2 Å². The van der Waals surface area contributed by atoms with Crippen molar-refractivity contribution in [3.8, 4) is 5.75 Å². The Morgan fingerprint density at radius 2 is 1.77 bits per heavy atom. The van der Waals surface area contributed by atoms with E-state index in [4.69, 9.17) is 5.11 Å². The van der Waals surface area contributed by atoms with E-state index in [1.54, 1.807) is 0 Å². The molecule has 0 atom stereocenters. The van der Waals surface area contributed by atoms with Gasteiger partial charge in [0.2, 0.25) is 0 Å². The molecule has 6 heteroatoms. The molecular formula is C7H3BrF4O. The SMILES string of the molecule is Oc1cc(F)c(Br)cc1C(F)(F)F.